The molecule has 2 heterocycles. The molecule has 2 N–H and O–H groups in total. The fourth-order valence-electron chi connectivity index (χ4n) is 2.82. The van der Waals surface area contributed by atoms with E-state index in [0.29, 0.717) is 5.82 Å². The molecule has 0 fully saturated rings. The fourth-order valence-corrected chi connectivity index (χ4v) is 2.82. The van der Waals surface area contributed by atoms with Gasteiger partial charge in [-0.25, -0.2) is 9.97 Å². The van der Waals surface area contributed by atoms with Crippen LogP contribution in [-0.4, -0.2) is 14.5 Å². The molecule has 0 aliphatic heterocycles. The average Bonchev–Trinajstić information content (AvgIpc) is 2.68. The van der Waals surface area contributed by atoms with Gasteiger partial charge in [-0.2, -0.15) is 0 Å². The number of aromatic nitrogens is 3. The highest BCUT2D eigenvalue weighted by atomic mass is 15.1. The lowest BCUT2D eigenvalue weighted by Crippen LogP contribution is -2.02. The molecular formula is C16H26N4. The molecule has 0 spiro atoms. The average molecular weight is 274 g/mol. The van der Waals surface area contributed by atoms with Gasteiger partial charge in [0, 0.05) is 12.2 Å². The summed E-state index contributed by atoms with van der Waals surface area (Å²) in [6.07, 6.45) is 9.41. The molecule has 2 aromatic rings. The highest BCUT2D eigenvalue weighted by Crippen LogP contribution is 2.27. The fraction of sp³-hybridized carbons (Fsp3) is 0.625. The molecule has 0 atom stereocenters. The van der Waals surface area contributed by atoms with Crippen LogP contribution in [0.25, 0.3) is 11.0 Å². The molecule has 0 saturated carbocycles. The van der Waals surface area contributed by atoms with Gasteiger partial charge in [-0.1, -0.05) is 39.0 Å². The maximum Gasteiger partial charge on any atom is 0.145 e. The van der Waals surface area contributed by atoms with Crippen molar-refractivity contribution in [3.05, 3.63) is 17.6 Å². The largest absolute Gasteiger partial charge is 0.383 e. The van der Waals surface area contributed by atoms with Gasteiger partial charge in [0.05, 0.1) is 5.39 Å². The number of hydrogen-bond acceptors (Lipinski definition) is 3. The van der Waals surface area contributed by atoms with Crippen molar-refractivity contribution in [2.24, 2.45) is 0 Å². The number of aryl methyl sites for hydroxylation is 2. The summed E-state index contributed by atoms with van der Waals surface area (Å²) in [4.78, 5) is 8.53. The first-order chi connectivity index (χ1) is 9.66. The summed E-state index contributed by atoms with van der Waals surface area (Å²) >= 11 is 0. The maximum absolute atomic E-state index is 5.98. The van der Waals surface area contributed by atoms with Gasteiger partial charge in [0.1, 0.15) is 17.8 Å². The smallest absolute Gasteiger partial charge is 0.145 e. The Bertz CT molecular complexity index is 571. The lowest BCUT2D eigenvalue weighted by Gasteiger charge is -2.07. The van der Waals surface area contributed by atoms with E-state index in [1.807, 2.05) is 0 Å². The quantitative estimate of drug-likeness (QED) is 0.777. The number of nitrogens with zero attached hydrogens (tertiary/aromatic N) is 3. The Morgan fingerprint density at radius 1 is 1.05 bits per heavy atom. The van der Waals surface area contributed by atoms with E-state index >= 15 is 0 Å². The highest BCUT2D eigenvalue weighted by molar-refractivity contribution is 5.90. The number of nitrogens with two attached hydrogens (primary N) is 1. The van der Waals surface area contributed by atoms with Gasteiger partial charge >= 0.3 is 0 Å². The van der Waals surface area contributed by atoms with Crippen molar-refractivity contribution in [3.8, 4) is 0 Å². The molecule has 0 amide bonds. The first kappa shape index (κ1) is 14.8. The summed E-state index contributed by atoms with van der Waals surface area (Å²) in [5.74, 6) is 0.595. The third-order valence-corrected chi connectivity index (χ3v) is 4.17. The van der Waals surface area contributed by atoms with Crippen LogP contribution < -0.4 is 5.73 Å². The molecule has 0 unspecified atom stereocenters. The van der Waals surface area contributed by atoms with Crippen molar-refractivity contribution in [3.63, 3.8) is 0 Å². The van der Waals surface area contributed by atoms with Gasteiger partial charge in [0.2, 0.25) is 0 Å². The second kappa shape index (κ2) is 6.73. The van der Waals surface area contributed by atoms with Crippen LogP contribution in [0.1, 0.15) is 56.7 Å². The van der Waals surface area contributed by atoms with Gasteiger partial charge in [0.15, 0.2) is 0 Å². The molecule has 4 nitrogen and oxygen atoms in total. The number of hydrogen-bond donors (Lipinski definition) is 1. The SMILES string of the molecule is CCCCCCCCn1c(C)c(C)c2c(N)ncnc21. The van der Waals surface area contributed by atoms with Crippen LogP contribution in [0.15, 0.2) is 6.33 Å². The standard InChI is InChI=1S/C16H26N4/c1-4-5-6-7-8-9-10-20-13(3)12(2)14-15(17)18-11-19-16(14)20/h11H,4-10H2,1-3H3,(H2,17,18,19). The molecule has 0 aromatic carbocycles. The van der Waals surface area contributed by atoms with Crippen molar-refractivity contribution >= 4 is 16.9 Å². The number of rotatable bonds is 7. The highest BCUT2D eigenvalue weighted by Gasteiger charge is 2.14. The second-order valence-corrected chi connectivity index (χ2v) is 5.59. The minimum absolute atomic E-state index is 0.595. The molecule has 0 aliphatic carbocycles. The summed E-state index contributed by atoms with van der Waals surface area (Å²) in [6.45, 7) is 7.53. The van der Waals surface area contributed by atoms with E-state index in [9.17, 15) is 0 Å². The lowest BCUT2D eigenvalue weighted by molar-refractivity contribution is 0.558. The number of nitrogen functional groups attached to an aromatic ring is 1. The number of unbranched alkanes of at least 4 members (excludes halogenated alkanes) is 5. The van der Waals surface area contributed by atoms with Crippen LogP contribution in [0.3, 0.4) is 0 Å². The minimum atomic E-state index is 0.595. The molecular weight excluding hydrogens is 248 g/mol. The van der Waals surface area contributed by atoms with Gasteiger partial charge < -0.3 is 10.3 Å². The van der Waals surface area contributed by atoms with Gasteiger partial charge in [0.25, 0.3) is 0 Å². The van der Waals surface area contributed by atoms with Crippen molar-refractivity contribution in [1.29, 1.82) is 0 Å². The molecule has 110 valence electrons. The van der Waals surface area contributed by atoms with Crippen molar-refractivity contribution in [2.45, 2.75) is 65.8 Å². The molecule has 0 radical (unpaired) electrons. The zero-order valence-corrected chi connectivity index (χ0v) is 12.9. The Morgan fingerprint density at radius 2 is 1.75 bits per heavy atom. The van der Waals surface area contributed by atoms with Crippen LogP contribution in [0.5, 0.6) is 0 Å². The van der Waals surface area contributed by atoms with Crippen LogP contribution >= 0.6 is 0 Å². The Morgan fingerprint density at radius 3 is 2.50 bits per heavy atom. The van der Waals surface area contributed by atoms with E-state index in [1.165, 1.54) is 49.8 Å². The summed E-state index contributed by atoms with van der Waals surface area (Å²) in [6, 6.07) is 0. The molecule has 4 heteroatoms. The number of anilines is 1. The minimum Gasteiger partial charge on any atom is -0.383 e. The first-order valence-electron chi connectivity index (χ1n) is 7.72. The monoisotopic (exact) mass is 274 g/mol. The predicted molar refractivity (Wildman–Crippen MR) is 84.8 cm³/mol. The first-order valence-corrected chi connectivity index (χ1v) is 7.72. The van der Waals surface area contributed by atoms with Crippen molar-refractivity contribution < 1.29 is 0 Å². The van der Waals surface area contributed by atoms with E-state index in [1.54, 1.807) is 6.33 Å². The lowest BCUT2D eigenvalue weighted by atomic mass is 10.1. The summed E-state index contributed by atoms with van der Waals surface area (Å²) in [5.41, 5.74) is 9.45. The summed E-state index contributed by atoms with van der Waals surface area (Å²) in [5, 5.41) is 1.02. The van der Waals surface area contributed by atoms with E-state index < -0.39 is 0 Å². The topological polar surface area (TPSA) is 56.7 Å². The van der Waals surface area contributed by atoms with Crippen LogP contribution in [0, 0.1) is 13.8 Å². The zero-order chi connectivity index (χ0) is 14.5. The molecule has 0 aliphatic rings. The third kappa shape index (κ3) is 2.94. The number of fused-ring (bicyclic) bond motifs is 1. The van der Waals surface area contributed by atoms with Crippen LogP contribution in [-0.2, 0) is 6.54 Å². The van der Waals surface area contributed by atoms with E-state index in [-0.39, 0.29) is 0 Å². The second-order valence-electron chi connectivity index (χ2n) is 5.59. The van der Waals surface area contributed by atoms with E-state index in [4.69, 9.17) is 5.73 Å². The maximum atomic E-state index is 5.98. The Hall–Kier alpha value is -1.58. The Kier molecular flexibility index (Phi) is 4.99. The van der Waals surface area contributed by atoms with Crippen LogP contribution in [0.4, 0.5) is 5.82 Å². The summed E-state index contributed by atoms with van der Waals surface area (Å²) in [7, 11) is 0. The molecule has 20 heavy (non-hydrogen) atoms. The van der Waals surface area contributed by atoms with E-state index in [0.717, 1.165) is 17.6 Å². The van der Waals surface area contributed by atoms with Crippen molar-refractivity contribution in [1.82, 2.24) is 14.5 Å². The Balaban J connectivity index is 2.07. The predicted octanol–water partition coefficient (Wildman–Crippen LogP) is 3.99. The van der Waals surface area contributed by atoms with Crippen molar-refractivity contribution in [2.75, 3.05) is 5.73 Å². The van der Waals surface area contributed by atoms with Gasteiger partial charge in [-0.3, -0.25) is 0 Å². The third-order valence-electron chi connectivity index (χ3n) is 4.17. The summed E-state index contributed by atoms with van der Waals surface area (Å²) < 4.78 is 2.29. The molecule has 0 bridgehead atoms. The normalized spacial score (nSPS) is 11.3. The molecule has 2 rings (SSSR count). The van der Waals surface area contributed by atoms with E-state index in [2.05, 4.69) is 35.3 Å². The zero-order valence-electron chi connectivity index (χ0n) is 12.9. The van der Waals surface area contributed by atoms with Crippen LogP contribution in [0.2, 0.25) is 0 Å². The van der Waals surface area contributed by atoms with Gasteiger partial charge in [-0.05, 0) is 25.8 Å². The molecule has 2 aromatic heterocycles. The van der Waals surface area contributed by atoms with Gasteiger partial charge in [-0.15, -0.1) is 0 Å². The Labute approximate surface area is 121 Å². The molecule has 0 saturated heterocycles.